The molecule has 0 bridgehead atoms. The van der Waals surface area contributed by atoms with Gasteiger partial charge in [-0.25, -0.2) is 9.97 Å². The number of rotatable bonds is 4. The molecule has 2 N–H and O–H groups in total. The number of hydrogen-bond donors (Lipinski definition) is 2. The van der Waals surface area contributed by atoms with Crippen LogP contribution >= 0.6 is 11.3 Å². The van der Waals surface area contributed by atoms with Crippen LogP contribution in [0.4, 0.5) is 17.2 Å². The fourth-order valence-electron chi connectivity index (χ4n) is 4.02. The molecule has 1 saturated heterocycles. The number of aromatic nitrogens is 2. The van der Waals surface area contributed by atoms with E-state index in [-0.39, 0.29) is 18.4 Å². The van der Waals surface area contributed by atoms with Crippen molar-refractivity contribution in [3.8, 4) is 0 Å². The standard InChI is InChI=1S/C22H23N5O3S/c1-13-25-17-3-2-16(9-19(17)31-13)26-22(29)15-8-18-21(23-10-15)24-11-20(28)27(18)12-14-4-6-30-7-5-14/h2-3,8-10,14H,4-7,11-12H2,1H3,(H,23,24)(H,26,29). The van der Waals surface area contributed by atoms with Crippen molar-refractivity contribution in [1.82, 2.24) is 9.97 Å². The quantitative estimate of drug-likeness (QED) is 0.649. The Balaban J connectivity index is 1.38. The number of benzene rings is 1. The highest BCUT2D eigenvalue weighted by Crippen LogP contribution is 2.31. The van der Waals surface area contributed by atoms with Crippen molar-refractivity contribution >= 4 is 50.6 Å². The Labute approximate surface area is 183 Å². The van der Waals surface area contributed by atoms with E-state index in [1.54, 1.807) is 28.5 Å². The monoisotopic (exact) mass is 437 g/mol. The summed E-state index contributed by atoms with van der Waals surface area (Å²) in [6.45, 7) is 4.24. The van der Waals surface area contributed by atoms with Gasteiger partial charge in [0, 0.05) is 31.6 Å². The molecule has 0 spiro atoms. The van der Waals surface area contributed by atoms with E-state index in [4.69, 9.17) is 4.74 Å². The average Bonchev–Trinajstić information content (AvgIpc) is 3.15. The van der Waals surface area contributed by atoms with Gasteiger partial charge < -0.3 is 20.3 Å². The van der Waals surface area contributed by atoms with Crippen LogP contribution in [-0.4, -0.2) is 48.1 Å². The highest BCUT2D eigenvalue weighted by atomic mass is 32.1. The van der Waals surface area contributed by atoms with Crippen LogP contribution in [0.15, 0.2) is 30.5 Å². The van der Waals surface area contributed by atoms with Gasteiger partial charge in [-0.1, -0.05) is 0 Å². The van der Waals surface area contributed by atoms with Gasteiger partial charge in [0.1, 0.15) is 5.82 Å². The van der Waals surface area contributed by atoms with E-state index in [1.807, 2.05) is 25.1 Å². The molecule has 0 unspecified atom stereocenters. The number of nitrogens with one attached hydrogen (secondary N) is 2. The molecule has 2 aromatic heterocycles. The normalized spacial score (nSPS) is 16.8. The molecule has 0 atom stereocenters. The number of thiazole rings is 1. The van der Waals surface area contributed by atoms with Gasteiger partial charge in [0.25, 0.3) is 5.91 Å². The minimum Gasteiger partial charge on any atom is -0.381 e. The third-order valence-electron chi connectivity index (χ3n) is 5.66. The molecular weight excluding hydrogens is 414 g/mol. The van der Waals surface area contributed by atoms with E-state index in [1.165, 1.54) is 0 Å². The molecule has 31 heavy (non-hydrogen) atoms. The molecule has 0 radical (unpaired) electrons. The smallest absolute Gasteiger partial charge is 0.257 e. The third kappa shape index (κ3) is 4.11. The number of nitrogens with zero attached hydrogens (tertiary/aromatic N) is 3. The van der Waals surface area contributed by atoms with Gasteiger partial charge in [0.15, 0.2) is 0 Å². The first-order chi connectivity index (χ1) is 15.1. The number of pyridine rings is 1. The van der Waals surface area contributed by atoms with Gasteiger partial charge >= 0.3 is 0 Å². The van der Waals surface area contributed by atoms with E-state index in [0.29, 0.717) is 35.2 Å². The molecule has 9 heteroatoms. The van der Waals surface area contributed by atoms with E-state index in [9.17, 15) is 9.59 Å². The van der Waals surface area contributed by atoms with Crippen LogP contribution < -0.4 is 15.5 Å². The summed E-state index contributed by atoms with van der Waals surface area (Å²) in [6.07, 6.45) is 3.40. The van der Waals surface area contributed by atoms with Crippen molar-refractivity contribution in [3.63, 3.8) is 0 Å². The molecule has 1 aromatic carbocycles. The molecule has 3 aromatic rings. The summed E-state index contributed by atoms with van der Waals surface area (Å²) >= 11 is 1.59. The maximum absolute atomic E-state index is 12.9. The number of aryl methyl sites for hydroxylation is 1. The van der Waals surface area contributed by atoms with Gasteiger partial charge in [-0.05, 0) is 49.9 Å². The van der Waals surface area contributed by atoms with Crippen molar-refractivity contribution in [2.75, 3.05) is 41.8 Å². The average molecular weight is 438 g/mol. The molecule has 2 aliphatic heterocycles. The molecule has 5 rings (SSSR count). The Morgan fingerprint density at radius 1 is 1.32 bits per heavy atom. The van der Waals surface area contributed by atoms with Crippen molar-refractivity contribution in [2.45, 2.75) is 19.8 Å². The van der Waals surface area contributed by atoms with Crippen LogP contribution in [0.3, 0.4) is 0 Å². The van der Waals surface area contributed by atoms with Crippen LogP contribution in [0.25, 0.3) is 10.2 Å². The Morgan fingerprint density at radius 3 is 3.00 bits per heavy atom. The van der Waals surface area contributed by atoms with Gasteiger partial charge in [0.2, 0.25) is 5.91 Å². The molecule has 0 aliphatic carbocycles. The van der Waals surface area contributed by atoms with Gasteiger partial charge in [-0.15, -0.1) is 11.3 Å². The zero-order valence-corrected chi connectivity index (χ0v) is 18.0. The van der Waals surface area contributed by atoms with Crippen molar-refractivity contribution < 1.29 is 14.3 Å². The SMILES string of the molecule is Cc1nc2ccc(NC(=O)c3cnc4c(c3)N(CC3CCOCC3)C(=O)CN4)cc2s1. The van der Waals surface area contributed by atoms with Crippen molar-refractivity contribution in [3.05, 3.63) is 41.0 Å². The summed E-state index contributed by atoms with van der Waals surface area (Å²) < 4.78 is 6.46. The molecule has 1 fully saturated rings. The predicted octanol–water partition coefficient (Wildman–Crippen LogP) is 3.44. The molecule has 8 nitrogen and oxygen atoms in total. The third-order valence-corrected chi connectivity index (χ3v) is 6.60. The first kappa shape index (κ1) is 19.9. The lowest BCUT2D eigenvalue weighted by Gasteiger charge is -2.33. The highest BCUT2D eigenvalue weighted by Gasteiger charge is 2.29. The van der Waals surface area contributed by atoms with E-state index >= 15 is 0 Å². The minimum absolute atomic E-state index is 0.00985. The van der Waals surface area contributed by atoms with Gasteiger partial charge in [-0.2, -0.15) is 0 Å². The summed E-state index contributed by atoms with van der Waals surface area (Å²) in [7, 11) is 0. The van der Waals surface area contributed by atoms with Crippen molar-refractivity contribution in [1.29, 1.82) is 0 Å². The summed E-state index contributed by atoms with van der Waals surface area (Å²) in [4.78, 5) is 36.2. The lowest BCUT2D eigenvalue weighted by Crippen LogP contribution is -2.44. The van der Waals surface area contributed by atoms with Crippen LogP contribution in [0.2, 0.25) is 0 Å². The van der Waals surface area contributed by atoms with Gasteiger partial charge in [-0.3, -0.25) is 9.59 Å². The number of carbonyl (C=O) groups excluding carboxylic acids is 2. The molecular formula is C22H23N5O3S. The predicted molar refractivity (Wildman–Crippen MR) is 121 cm³/mol. The lowest BCUT2D eigenvalue weighted by molar-refractivity contribution is -0.117. The van der Waals surface area contributed by atoms with Crippen molar-refractivity contribution in [2.24, 2.45) is 5.92 Å². The second kappa shape index (κ2) is 8.24. The zero-order chi connectivity index (χ0) is 21.4. The number of anilines is 3. The van der Waals surface area contributed by atoms with E-state index in [2.05, 4.69) is 20.6 Å². The number of carbonyl (C=O) groups is 2. The summed E-state index contributed by atoms with van der Waals surface area (Å²) in [5.41, 5.74) is 2.69. The summed E-state index contributed by atoms with van der Waals surface area (Å²) in [6, 6.07) is 7.41. The Kier molecular flexibility index (Phi) is 5.29. The Morgan fingerprint density at radius 2 is 2.16 bits per heavy atom. The Hall–Kier alpha value is -3.04. The number of fused-ring (bicyclic) bond motifs is 2. The van der Waals surface area contributed by atoms with E-state index < -0.39 is 0 Å². The molecule has 0 saturated carbocycles. The molecule has 2 amide bonds. The van der Waals surface area contributed by atoms with Crippen LogP contribution in [0.1, 0.15) is 28.2 Å². The first-order valence-electron chi connectivity index (χ1n) is 10.4. The number of hydrogen-bond acceptors (Lipinski definition) is 7. The zero-order valence-electron chi connectivity index (χ0n) is 17.2. The maximum Gasteiger partial charge on any atom is 0.257 e. The summed E-state index contributed by atoms with van der Waals surface area (Å²) in [5, 5.41) is 6.97. The van der Waals surface area contributed by atoms with Gasteiger partial charge in [0.05, 0.1) is 33.0 Å². The highest BCUT2D eigenvalue weighted by molar-refractivity contribution is 7.18. The van der Waals surface area contributed by atoms with E-state index in [0.717, 1.165) is 41.3 Å². The fourth-order valence-corrected chi connectivity index (χ4v) is 4.88. The second-order valence-corrected chi connectivity index (χ2v) is 9.11. The number of ether oxygens (including phenoxy) is 1. The lowest BCUT2D eigenvalue weighted by atomic mass is 9.99. The molecule has 4 heterocycles. The molecule has 160 valence electrons. The van der Waals surface area contributed by atoms with Crippen LogP contribution in [0.5, 0.6) is 0 Å². The van der Waals surface area contributed by atoms with Crippen LogP contribution in [0, 0.1) is 12.8 Å². The largest absolute Gasteiger partial charge is 0.381 e. The number of amides is 2. The summed E-state index contributed by atoms with van der Waals surface area (Å²) in [5.74, 6) is 0.741. The minimum atomic E-state index is -0.264. The van der Waals surface area contributed by atoms with Crippen LogP contribution in [-0.2, 0) is 9.53 Å². The Bertz CT molecular complexity index is 1160. The second-order valence-electron chi connectivity index (χ2n) is 7.87. The topological polar surface area (TPSA) is 96.5 Å². The fraction of sp³-hybridized carbons (Fsp3) is 0.364. The first-order valence-corrected chi connectivity index (χ1v) is 11.2. The maximum atomic E-state index is 12.9. The molecule has 2 aliphatic rings.